The number of carboxylic acids is 1. The van der Waals surface area contributed by atoms with Gasteiger partial charge in [-0.1, -0.05) is 13.5 Å². The van der Waals surface area contributed by atoms with E-state index in [0.29, 0.717) is 6.42 Å². The van der Waals surface area contributed by atoms with Crippen molar-refractivity contribution in [1.29, 1.82) is 0 Å². The Morgan fingerprint density at radius 1 is 1.75 bits per heavy atom. The molecule has 0 aliphatic rings. The number of hydrogen-bond donors (Lipinski definition) is 1. The van der Waals surface area contributed by atoms with Crippen LogP contribution < -0.4 is 0 Å². The van der Waals surface area contributed by atoms with E-state index < -0.39 is 5.97 Å². The van der Waals surface area contributed by atoms with Gasteiger partial charge in [-0.2, -0.15) is 0 Å². The predicted octanol–water partition coefficient (Wildman–Crippen LogP) is 0.121. The molecule has 0 aromatic rings. The molecule has 1 N–H and O–H groups in total. The van der Waals surface area contributed by atoms with Gasteiger partial charge in [0.2, 0.25) is 0 Å². The molecule has 0 spiro atoms. The molecule has 0 radical (unpaired) electrons. The van der Waals surface area contributed by atoms with Crippen LogP contribution in [0.4, 0.5) is 0 Å². The summed E-state index contributed by atoms with van der Waals surface area (Å²) in [5, 5.41) is 8.08. The first-order valence-corrected chi connectivity index (χ1v) is 2.09. The van der Waals surface area contributed by atoms with Crippen LogP contribution in [0, 0.1) is 0 Å². The summed E-state index contributed by atoms with van der Waals surface area (Å²) in [5.74, 6) is -0.900. The Bertz CT molecular complexity index is 98.6. The van der Waals surface area contributed by atoms with Crippen LogP contribution in [0.3, 0.4) is 0 Å². The molecular formula is C5H10CaO2. The normalized spacial score (nSPS) is 7.12. The third-order valence-corrected chi connectivity index (χ3v) is 0.729. The van der Waals surface area contributed by atoms with E-state index in [4.69, 9.17) is 5.11 Å². The number of carboxylic acid groups (broad SMARTS) is 1. The van der Waals surface area contributed by atoms with E-state index in [1.54, 1.807) is 6.92 Å². The average molecular weight is 142 g/mol. The molecule has 0 heterocycles. The first kappa shape index (κ1) is 11.3. The van der Waals surface area contributed by atoms with Crippen molar-refractivity contribution >= 4 is 43.7 Å². The monoisotopic (exact) mass is 142 g/mol. The van der Waals surface area contributed by atoms with Crippen LogP contribution in [0.1, 0.15) is 13.3 Å². The summed E-state index contributed by atoms with van der Waals surface area (Å²) in [4.78, 5) is 9.83. The van der Waals surface area contributed by atoms with Crippen molar-refractivity contribution in [2.75, 3.05) is 0 Å². The molecule has 2 nitrogen and oxygen atoms in total. The van der Waals surface area contributed by atoms with Gasteiger partial charge in [0.1, 0.15) is 0 Å². The van der Waals surface area contributed by atoms with Crippen molar-refractivity contribution in [3.05, 3.63) is 12.2 Å². The fraction of sp³-hybridized carbons (Fsp3) is 0.400. The maximum absolute atomic E-state index is 9.83. The fourth-order valence-electron chi connectivity index (χ4n) is 0.151. The van der Waals surface area contributed by atoms with E-state index in [9.17, 15) is 4.79 Å². The third kappa shape index (κ3) is 4.62. The zero-order chi connectivity index (χ0) is 5.86. The van der Waals surface area contributed by atoms with Crippen LogP contribution in [-0.2, 0) is 4.79 Å². The SMILES string of the molecule is C=C(CC)C(=O)O.[CaH2]. The zero-order valence-electron chi connectivity index (χ0n) is 4.27. The van der Waals surface area contributed by atoms with Crippen LogP contribution in [0.2, 0.25) is 0 Å². The van der Waals surface area contributed by atoms with Crippen molar-refractivity contribution in [2.45, 2.75) is 13.3 Å². The quantitative estimate of drug-likeness (QED) is 0.439. The molecule has 0 aliphatic heterocycles. The van der Waals surface area contributed by atoms with E-state index in [1.165, 1.54) is 0 Å². The molecule has 0 aromatic carbocycles. The minimum absolute atomic E-state index is 0. The average Bonchev–Trinajstić information content (AvgIpc) is 1.65. The van der Waals surface area contributed by atoms with Crippen molar-refractivity contribution in [3.8, 4) is 0 Å². The van der Waals surface area contributed by atoms with Crippen molar-refractivity contribution in [3.63, 3.8) is 0 Å². The standard InChI is InChI=1S/C5H8O2.Ca.2H/c1-3-4(2)5(6)7;;;/h2-3H2,1H3,(H,6,7);;;. The summed E-state index contributed by atoms with van der Waals surface area (Å²) >= 11 is 0. The fourth-order valence-corrected chi connectivity index (χ4v) is 0.151. The van der Waals surface area contributed by atoms with Crippen molar-refractivity contribution in [2.24, 2.45) is 0 Å². The molecule has 0 bridgehead atoms. The van der Waals surface area contributed by atoms with Gasteiger partial charge in [0, 0.05) is 5.57 Å². The van der Waals surface area contributed by atoms with E-state index in [2.05, 4.69) is 6.58 Å². The molecule has 0 unspecified atom stereocenters. The molecule has 0 fully saturated rings. The van der Waals surface area contributed by atoms with Gasteiger partial charge in [0.15, 0.2) is 0 Å². The molecule has 0 aromatic heterocycles. The molecule has 44 valence electrons. The predicted molar refractivity (Wildman–Crippen MR) is 35.6 cm³/mol. The summed E-state index contributed by atoms with van der Waals surface area (Å²) < 4.78 is 0. The Kier molecular flexibility index (Phi) is 7.91. The van der Waals surface area contributed by atoms with Gasteiger partial charge in [-0.15, -0.1) is 0 Å². The summed E-state index contributed by atoms with van der Waals surface area (Å²) in [7, 11) is 0. The van der Waals surface area contributed by atoms with E-state index in [0.717, 1.165) is 0 Å². The summed E-state index contributed by atoms with van der Waals surface area (Å²) in [6.07, 6.45) is 0.523. The van der Waals surface area contributed by atoms with Crippen LogP contribution >= 0.6 is 0 Å². The van der Waals surface area contributed by atoms with Gasteiger partial charge in [0.25, 0.3) is 0 Å². The molecule has 8 heavy (non-hydrogen) atoms. The second kappa shape index (κ2) is 5.60. The Balaban J connectivity index is 0. The molecule has 0 saturated carbocycles. The van der Waals surface area contributed by atoms with Gasteiger partial charge in [-0.3, -0.25) is 0 Å². The molecular weight excluding hydrogens is 132 g/mol. The number of carbonyl (C=O) groups is 1. The van der Waals surface area contributed by atoms with Crippen LogP contribution in [-0.4, -0.2) is 48.8 Å². The summed E-state index contributed by atoms with van der Waals surface area (Å²) in [5.41, 5.74) is 0.264. The van der Waals surface area contributed by atoms with E-state index in [1.807, 2.05) is 0 Å². The Morgan fingerprint density at radius 2 is 2.12 bits per heavy atom. The van der Waals surface area contributed by atoms with Crippen molar-refractivity contribution < 1.29 is 9.90 Å². The zero-order valence-corrected chi connectivity index (χ0v) is 4.27. The maximum atomic E-state index is 9.83. The Hall–Kier alpha value is 0.470. The third-order valence-electron chi connectivity index (χ3n) is 0.729. The van der Waals surface area contributed by atoms with Crippen LogP contribution in [0.15, 0.2) is 12.2 Å². The summed E-state index contributed by atoms with van der Waals surface area (Å²) in [6, 6.07) is 0. The Morgan fingerprint density at radius 3 is 2.12 bits per heavy atom. The first-order valence-electron chi connectivity index (χ1n) is 2.09. The van der Waals surface area contributed by atoms with Crippen LogP contribution in [0.25, 0.3) is 0 Å². The van der Waals surface area contributed by atoms with Gasteiger partial charge < -0.3 is 5.11 Å². The van der Waals surface area contributed by atoms with E-state index >= 15 is 0 Å². The van der Waals surface area contributed by atoms with Gasteiger partial charge in [-0.25, -0.2) is 4.79 Å². The molecule has 0 saturated heterocycles. The summed E-state index contributed by atoms with van der Waals surface area (Å²) in [6.45, 7) is 5.03. The molecule has 0 aliphatic carbocycles. The van der Waals surface area contributed by atoms with Crippen LogP contribution in [0.5, 0.6) is 0 Å². The molecule has 0 rings (SSSR count). The van der Waals surface area contributed by atoms with Gasteiger partial charge >= 0.3 is 43.7 Å². The number of aliphatic carboxylic acids is 1. The molecule has 3 heteroatoms. The first-order chi connectivity index (χ1) is 3.18. The molecule has 0 atom stereocenters. The number of rotatable bonds is 2. The number of hydrogen-bond acceptors (Lipinski definition) is 1. The van der Waals surface area contributed by atoms with E-state index in [-0.39, 0.29) is 43.3 Å². The van der Waals surface area contributed by atoms with Gasteiger partial charge in [-0.05, 0) is 6.42 Å². The second-order valence-electron chi connectivity index (χ2n) is 1.26. The van der Waals surface area contributed by atoms with Crippen molar-refractivity contribution in [1.82, 2.24) is 0 Å². The topological polar surface area (TPSA) is 37.3 Å². The van der Waals surface area contributed by atoms with Gasteiger partial charge in [0.05, 0.1) is 0 Å². The Labute approximate surface area is 78.6 Å². The minimum atomic E-state index is -0.900. The molecule has 0 amide bonds. The second-order valence-corrected chi connectivity index (χ2v) is 1.26.